The minimum Gasteiger partial charge on any atom is -0.347 e. The number of hydrogen-bond acceptors (Lipinski definition) is 3. The maximum Gasteiger partial charge on any atom is 0.251 e. The summed E-state index contributed by atoms with van der Waals surface area (Å²) in [5.74, 6) is 0.204. The Bertz CT molecular complexity index is 567. The van der Waals surface area contributed by atoms with Crippen molar-refractivity contribution in [2.45, 2.75) is 45.6 Å². The van der Waals surface area contributed by atoms with Gasteiger partial charge in [-0.3, -0.25) is 9.59 Å². The number of amides is 2. The van der Waals surface area contributed by atoms with E-state index in [0.29, 0.717) is 17.8 Å². The fourth-order valence-corrected chi connectivity index (χ4v) is 3.02. The molecule has 0 saturated heterocycles. The van der Waals surface area contributed by atoms with Gasteiger partial charge in [-0.2, -0.15) is 0 Å². The molecule has 2 amide bonds. The molecular weight excluding hydrogens is 326 g/mol. The van der Waals surface area contributed by atoms with Crippen molar-refractivity contribution in [1.82, 2.24) is 5.32 Å². The van der Waals surface area contributed by atoms with Crippen LogP contribution in [0.15, 0.2) is 24.3 Å². The second-order valence-electron chi connectivity index (χ2n) is 7.30. The molecule has 1 fully saturated rings. The van der Waals surface area contributed by atoms with Crippen LogP contribution in [0.4, 0.5) is 5.69 Å². The monoisotopic (exact) mass is 353 g/mol. The highest BCUT2D eigenvalue weighted by atomic mass is 35.5. The van der Waals surface area contributed by atoms with Crippen LogP contribution >= 0.6 is 12.4 Å². The molecule has 1 aliphatic rings. The van der Waals surface area contributed by atoms with Gasteiger partial charge in [-0.25, -0.2) is 0 Å². The van der Waals surface area contributed by atoms with Gasteiger partial charge >= 0.3 is 0 Å². The van der Waals surface area contributed by atoms with Crippen molar-refractivity contribution in [1.29, 1.82) is 0 Å². The van der Waals surface area contributed by atoms with Crippen molar-refractivity contribution in [3.63, 3.8) is 0 Å². The number of carbonyl (C=O) groups excluding carboxylic acids is 2. The molecule has 1 aromatic carbocycles. The summed E-state index contributed by atoms with van der Waals surface area (Å²) >= 11 is 0. The lowest BCUT2D eigenvalue weighted by Crippen LogP contribution is -2.40. The smallest absolute Gasteiger partial charge is 0.251 e. The van der Waals surface area contributed by atoms with E-state index in [-0.39, 0.29) is 41.6 Å². The number of benzene rings is 1. The van der Waals surface area contributed by atoms with E-state index < -0.39 is 0 Å². The summed E-state index contributed by atoms with van der Waals surface area (Å²) in [5, 5.41) is 5.85. The van der Waals surface area contributed by atoms with Crippen LogP contribution in [-0.2, 0) is 4.79 Å². The molecule has 134 valence electrons. The number of hydrogen-bond donors (Lipinski definition) is 3. The molecule has 1 saturated carbocycles. The largest absolute Gasteiger partial charge is 0.347 e. The number of anilines is 1. The van der Waals surface area contributed by atoms with Gasteiger partial charge in [-0.05, 0) is 70.3 Å². The zero-order valence-electron chi connectivity index (χ0n) is 14.6. The lowest BCUT2D eigenvalue weighted by molar-refractivity contribution is -0.120. The fraction of sp³-hybridized carbons (Fsp3) is 0.556. The highest BCUT2D eigenvalue weighted by Crippen LogP contribution is 2.31. The van der Waals surface area contributed by atoms with Gasteiger partial charge in [0, 0.05) is 22.7 Å². The van der Waals surface area contributed by atoms with Gasteiger partial charge in [0.25, 0.3) is 5.91 Å². The summed E-state index contributed by atoms with van der Waals surface area (Å²) in [5.41, 5.74) is 6.76. The van der Waals surface area contributed by atoms with E-state index in [9.17, 15) is 9.59 Å². The Kier molecular flexibility index (Phi) is 7.24. The maximum absolute atomic E-state index is 12.3. The van der Waals surface area contributed by atoms with Crippen molar-refractivity contribution in [2.75, 3.05) is 11.9 Å². The van der Waals surface area contributed by atoms with E-state index in [4.69, 9.17) is 5.73 Å². The first-order valence-electron chi connectivity index (χ1n) is 8.23. The lowest BCUT2D eigenvalue weighted by Gasteiger charge is -2.20. The molecule has 24 heavy (non-hydrogen) atoms. The second-order valence-corrected chi connectivity index (χ2v) is 7.30. The van der Waals surface area contributed by atoms with Crippen LogP contribution in [-0.4, -0.2) is 23.9 Å². The van der Waals surface area contributed by atoms with Gasteiger partial charge in [0.1, 0.15) is 0 Å². The van der Waals surface area contributed by atoms with Gasteiger partial charge in [-0.1, -0.05) is 6.42 Å². The van der Waals surface area contributed by atoms with Gasteiger partial charge in [0.05, 0.1) is 0 Å². The van der Waals surface area contributed by atoms with Crippen LogP contribution in [0.25, 0.3) is 0 Å². The van der Waals surface area contributed by atoms with E-state index in [2.05, 4.69) is 10.6 Å². The number of nitrogens with one attached hydrogen (secondary N) is 2. The number of halogens is 1. The third kappa shape index (κ3) is 5.49. The number of nitrogens with two attached hydrogens (primary N) is 1. The standard InChI is InChI=1S/C18H27N3O2.ClH/c1-18(2,3)21-16(22)12-7-9-14(10-8-12)20-17(23)15-6-4-5-13(15)11-19;/h7-10,13,15H,4-6,11,19H2,1-3H3,(H,20,23)(H,21,22);1H/t13-,15-;/m1./s1. The normalized spacial score (nSPS) is 20.2. The molecule has 0 unspecified atom stereocenters. The SMILES string of the molecule is CC(C)(C)NC(=O)c1ccc(NC(=O)[C@@H]2CCC[C@@H]2CN)cc1.Cl. The predicted octanol–water partition coefficient (Wildman–Crippen LogP) is 2.95. The van der Waals surface area contributed by atoms with Crippen molar-refractivity contribution in [3.8, 4) is 0 Å². The topological polar surface area (TPSA) is 84.2 Å². The van der Waals surface area contributed by atoms with Crippen molar-refractivity contribution in [3.05, 3.63) is 29.8 Å². The summed E-state index contributed by atoms with van der Waals surface area (Å²) in [6, 6.07) is 6.99. The van der Waals surface area contributed by atoms with Crippen LogP contribution in [0.5, 0.6) is 0 Å². The molecule has 2 rings (SSSR count). The first kappa shape index (κ1) is 20.5. The van der Waals surface area contributed by atoms with Crippen LogP contribution in [0.2, 0.25) is 0 Å². The minimum absolute atomic E-state index is 0. The summed E-state index contributed by atoms with van der Waals surface area (Å²) in [6.07, 6.45) is 2.99. The quantitative estimate of drug-likeness (QED) is 0.778. The Morgan fingerprint density at radius 2 is 1.79 bits per heavy atom. The van der Waals surface area contributed by atoms with Crippen molar-refractivity contribution < 1.29 is 9.59 Å². The first-order valence-corrected chi connectivity index (χ1v) is 8.23. The molecule has 2 atom stereocenters. The molecule has 5 nitrogen and oxygen atoms in total. The Labute approximate surface area is 150 Å². The fourth-order valence-electron chi connectivity index (χ4n) is 3.02. The van der Waals surface area contributed by atoms with E-state index >= 15 is 0 Å². The highest BCUT2D eigenvalue weighted by Gasteiger charge is 2.31. The Balaban J connectivity index is 0.00000288. The summed E-state index contributed by atoms with van der Waals surface area (Å²) in [6.45, 7) is 6.38. The van der Waals surface area contributed by atoms with E-state index in [1.807, 2.05) is 20.8 Å². The average Bonchev–Trinajstić information content (AvgIpc) is 2.94. The molecule has 1 aliphatic carbocycles. The van der Waals surface area contributed by atoms with E-state index in [0.717, 1.165) is 19.3 Å². The molecule has 6 heteroatoms. The minimum atomic E-state index is -0.274. The Morgan fingerprint density at radius 1 is 1.17 bits per heavy atom. The Morgan fingerprint density at radius 3 is 2.33 bits per heavy atom. The average molecular weight is 354 g/mol. The second kappa shape index (κ2) is 8.49. The van der Waals surface area contributed by atoms with Gasteiger partial charge in [0.2, 0.25) is 5.91 Å². The number of rotatable bonds is 4. The third-order valence-corrected chi connectivity index (χ3v) is 4.20. The van der Waals surface area contributed by atoms with E-state index in [1.54, 1.807) is 24.3 Å². The maximum atomic E-state index is 12.3. The van der Waals surface area contributed by atoms with Crippen molar-refractivity contribution in [2.24, 2.45) is 17.6 Å². The number of carbonyl (C=O) groups is 2. The highest BCUT2D eigenvalue weighted by molar-refractivity contribution is 5.96. The van der Waals surface area contributed by atoms with Gasteiger partial charge in [-0.15, -0.1) is 12.4 Å². The van der Waals surface area contributed by atoms with Crippen LogP contribution in [0.3, 0.4) is 0 Å². The van der Waals surface area contributed by atoms with Crippen LogP contribution < -0.4 is 16.4 Å². The van der Waals surface area contributed by atoms with Crippen LogP contribution in [0, 0.1) is 11.8 Å². The summed E-state index contributed by atoms with van der Waals surface area (Å²) in [7, 11) is 0. The molecule has 0 aliphatic heterocycles. The Hall–Kier alpha value is -1.59. The summed E-state index contributed by atoms with van der Waals surface area (Å²) in [4.78, 5) is 24.4. The van der Waals surface area contributed by atoms with Gasteiger partial charge in [0.15, 0.2) is 0 Å². The van der Waals surface area contributed by atoms with Gasteiger partial charge < -0.3 is 16.4 Å². The molecule has 0 spiro atoms. The first-order chi connectivity index (χ1) is 10.8. The lowest BCUT2D eigenvalue weighted by atomic mass is 9.95. The molecule has 0 aromatic heterocycles. The molecule has 1 aromatic rings. The van der Waals surface area contributed by atoms with E-state index in [1.165, 1.54) is 0 Å². The summed E-state index contributed by atoms with van der Waals surface area (Å²) < 4.78 is 0. The molecule has 0 heterocycles. The predicted molar refractivity (Wildman–Crippen MR) is 99.4 cm³/mol. The molecule has 4 N–H and O–H groups in total. The molecule has 0 bridgehead atoms. The third-order valence-electron chi connectivity index (χ3n) is 4.20. The zero-order chi connectivity index (χ0) is 17.0. The molecule has 0 radical (unpaired) electrons. The van der Waals surface area contributed by atoms with Crippen molar-refractivity contribution >= 4 is 29.9 Å². The zero-order valence-corrected chi connectivity index (χ0v) is 15.4. The molecular formula is C18H28ClN3O2. The van der Waals surface area contributed by atoms with Crippen LogP contribution in [0.1, 0.15) is 50.4 Å².